The van der Waals surface area contributed by atoms with E-state index in [0.29, 0.717) is 30.5 Å². The molecule has 0 aromatic carbocycles. The topological polar surface area (TPSA) is 138 Å². The molecule has 0 aliphatic carbocycles. The average molecular weight is 595 g/mol. The van der Waals surface area contributed by atoms with E-state index in [1.54, 1.807) is 41.5 Å². The number of amides is 2. The zero-order valence-electron chi connectivity index (χ0n) is 24.4. The summed E-state index contributed by atoms with van der Waals surface area (Å²) in [5.41, 5.74) is -1.48. The number of aromatic nitrogens is 6. The largest absolute Gasteiger partial charge is 0.443 e. The van der Waals surface area contributed by atoms with Crippen molar-refractivity contribution in [2.45, 2.75) is 78.4 Å². The number of carbonyl (C=O) groups is 2. The maximum Gasteiger partial charge on any atom is 0.427 e. The number of imide groups is 1. The first-order chi connectivity index (χ1) is 19.4. The SMILES string of the molecule is C[C@H]1COCCN1c1nc(-c2cnc(N(C(=O)OC(C)(C)C)C(=O)OC(C)(C)C)nc2)nc2c1ncn2CC(F)(F)F. The van der Waals surface area contributed by atoms with Gasteiger partial charge in [-0.25, -0.2) is 34.5 Å². The fourth-order valence-electron chi connectivity index (χ4n) is 4.01. The highest BCUT2D eigenvalue weighted by molar-refractivity contribution is 6.08. The Morgan fingerprint density at radius 3 is 2.12 bits per heavy atom. The van der Waals surface area contributed by atoms with Gasteiger partial charge in [-0.3, -0.25) is 0 Å². The van der Waals surface area contributed by atoms with Crippen LogP contribution in [0.1, 0.15) is 48.5 Å². The summed E-state index contributed by atoms with van der Waals surface area (Å²) in [6.45, 7) is 11.6. The average Bonchev–Trinajstić information content (AvgIpc) is 3.23. The summed E-state index contributed by atoms with van der Waals surface area (Å²) >= 11 is 0. The normalized spacial score (nSPS) is 16.4. The van der Waals surface area contributed by atoms with Gasteiger partial charge in [0, 0.05) is 18.9 Å². The third-order valence-electron chi connectivity index (χ3n) is 5.68. The molecule has 0 radical (unpaired) electrons. The molecule has 13 nitrogen and oxygen atoms in total. The fraction of sp³-hybridized carbons (Fsp3) is 0.577. The van der Waals surface area contributed by atoms with E-state index in [1.807, 2.05) is 11.8 Å². The van der Waals surface area contributed by atoms with Crippen LogP contribution in [0, 0.1) is 0 Å². The van der Waals surface area contributed by atoms with Crippen molar-refractivity contribution < 1.29 is 37.0 Å². The summed E-state index contributed by atoms with van der Waals surface area (Å²) in [5.74, 6) is 0.0140. The summed E-state index contributed by atoms with van der Waals surface area (Å²) in [7, 11) is 0. The molecule has 42 heavy (non-hydrogen) atoms. The molecule has 0 bridgehead atoms. The van der Waals surface area contributed by atoms with Crippen molar-refractivity contribution in [3.63, 3.8) is 0 Å². The Morgan fingerprint density at radius 2 is 1.60 bits per heavy atom. The van der Waals surface area contributed by atoms with Crippen LogP contribution in [0.2, 0.25) is 0 Å². The van der Waals surface area contributed by atoms with Crippen LogP contribution in [0.4, 0.5) is 34.5 Å². The van der Waals surface area contributed by atoms with E-state index >= 15 is 0 Å². The van der Waals surface area contributed by atoms with Crippen LogP contribution < -0.4 is 9.80 Å². The molecule has 1 atom stereocenters. The van der Waals surface area contributed by atoms with Crippen molar-refractivity contribution in [3.8, 4) is 11.4 Å². The Hall–Kier alpha value is -4.08. The third kappa shape index (κ3) is 7.40. The van der Waals surface area contributed by atoms with Crippen LogP contribution in [0.3, 0.4) is 0 Å². The Balaban J connectivity index is 1.78. The van der Waals surface area contributed by atoms with Gasteiger partial charge in [0.1, 0.15) is 17.7 Å². The van der Waals surface area contributed by atoms with Gasteiger partial charge in [-0.1, -0.05) is 0 Å². The second-order valence-electron chi connectivity index (χ2n) is 11.7. The summed E-state index contributed by atoms with van der Waals surface area (Å²) in [5, 5.41) is 0. The number of fused-ring (bicyclic) bond motifs is 1. The molecule has 2 amide bonds. The molecule has 1 aliphatic rings. The quantitative estimate of drug-likeness (QED) is 0.414. The number of morpholine rings is 1. The number of hydrogen-bond acceptors (Lipinski definition) is 11. The second kappa shape index (κ2) is 11.3. The Kier molecular flexibility index (Phi) is 8.31. The molecule has 1 fully saturated rings. The lowest BCUT2D eigenvalue weighted by Crippen LogP contribution is -2.44. The first-order valence-corrected chi connectivity index (χ1v) is 13.1. The van der Waals surface area contributed by atoms with Crippen LogP contribution in [-0.4, -0.2) is 84.9 Å². The summed E-state index contributed by atoms with van der Waals surface area (Å²) in [6, 6.07) is -0.132. The van der Waals surface area contributed by atoms with Gasteiger partial charge in [-0.15, -0.1) is 4.90 Å². The highest BCUT2D eigenvalue weighted by Gasteiger charge is 2.35. The molecule has 0 saturated carbocycles. The molecule has 3 aromatic heterocycles. The van der Waals surface area contributed by atoms with E-state index in [4.69, 9.17) is 14.2 Å². The zero-order chi connectivity index (χ0) is 31.0. The number of anilines is 2. The number of alkyl halides is 3. The lowest BCUT2D eigenvalue weighted by molar-refractivity contribution is -0.140. The highest BCUT2D eigenvalue weighted by atomic mass is 19.4. The smallest absolute Gasteiger partial charge is 0.427 e. The first-order valence-electron chi connectivity index (χ1n) is 13.1. The van der Waals surface area contributed by atoms with Crippen LogP contribution in [0.25, 0.3) is 22.6 Å². The van der Waals surface area contributed by atoms with Crippen molar-refractivity contribution >= 4 is 35.1 Å². The van der Waals surface area contributed by atoms with Crippen LogP contribution in [0.5, 0.6) is 0 Å². The molecule has 0 N–H and O–H groups in total. The predicted octanol–water partition coefficient (Wildman–Crippen LogP) is 4.75. The van der Waals surface area contributed by atoms with E-state index in [2.05, 4.69) is 24.9 Å². The first kappa shape index (κ1) is 30.9. The molecule has 0 spiro atoms. The molecular formula is C26H33F3N8O5. The van der Waals surface area contributed by atoms with E-state index in [9.17, 15) is 22.8 Å². The minimum Gasteiger partial charge on any atom is -0.443 e. The number of nitrogens with zero attached hydrogens (tertiary/aromatic N) is 8. The summed E-state index contributed by atoms with van der Waals surface area (Å²) in [4.78, 5) is 49.8. The maximum absolute atomic E-state index is 13.3. The predicted molar refractivity (Wildman–Crippen MR) is 145 cm³/mol. The third-order valence-corrected chi connectivity index (χ3v) is 5.68. The summed E-state index contributed by atoms with van der Waals surface area (Å²) in [6.07, 6.45) is -3.04. The van der Waals surface area contributed by atoms with Crippen LogP contribution in [-0.2, 0) is 20.8 Å². The number of rotatable bonds is 4. The lowest BCUT2D eigenvalue weighted by atomic mass is 10.2. The van der Waals surface area contributed by atoms with Crippen LogP contribution in [0.15, 0.2) is 18.7 Å². The van der Waals surface area contributed by atoms with Gasteiger partial charge < -0.3 is 23.7 Å². The minimum absolute atomic E-state index is 0.0211. The fourth-order valence-corrected chi connectivity index (χ4v) is 4.01. The van der Waals surface area contributed by atoms with E-state index < -0.39 is 36.1 Å². The van der Waals surface area contributed by atoms with Crippen molar-refractivity contribution in [2.75, 3.05) is 29.6 Å². The van der Waals surface area contributed by atoms with E-state index in [1.165, 1.54) is 12.4 Å². The van der Waals surface area contributed by atoms with Crippen LogP contribution >= 0.6 is 0 Å². The monoisotopic (exact) mass is 594 g/mol. The molecule has 4 rings (SSSR count). The van der Waals surface area contributed by atoms with Gasteiger partial charge in [0.15, 0.2) is 22.8 Å². The number of hydrogen-bond donors (Lipinski definition) is 0. The highest BCUT2D eigenvalue weighted by Crippen LogP contribution is 2.30. The zero-order valence-corrected chi connectivity index (χ0v) is 24.4. The van der Waals surface area contributed by atoms with Gasteiger partial charge in [0.05, 0.1) is 31.1 Å². The Labute approximate surface area is 240 Å². The number of carbonyl (C=O) groups excluding carboxylic acids is 2. The molecule has 228 valence electrons. The van der Waals surface area contributed by atoms with Crippen molar-refractivity contribution in [1.29, 1.82) is 0 Å². The van der Waals surface area contributed by atoms with Crippen molar-refractivity contribution in [3.05, 3.63) is 18.7 Å². The van der Waals surface area contributed by atoms with Gasteiger partial charge in [-0.2, -0.15) is 13.2 Å². The minimum atomic E-state index is -4.51. The molecule has 1 aliphatic heterocycles. The summed E-state index contributed by atoms with van der Waals surface area (Å²) < 4.78 is 57.1. The molecule has 0 unspecified atom stereocenters. The number of ether oxygens (including phenoxy) is 3. The number of halogens is 3. The van der Waals surface area contributed by atoms with Gasteiger partial charge >= 0.3 is 18.4 Å². The van der Waals surface area contributed by atoms with Crippen molar-refractivity contribution in [1.82, 2.24) is 29.5 Å². The molecule has 4 heterocycles. The maximum atomic E-state index is 13.3. The standard InChI is InChI=1S/C26H33F3N8O5/c1-15-12-40-9-8-36(15)20-17-19(35(14-32-17)13-26(27,28)29)33-18(34-20)16-10-30-21(31-11-16)37(22(38)41-24(2,3)4)23(39)42-25(5,6)7/h10-11,14-15H,8-9,12-13H2,1-7H3/t15-/m0/s1. The van der Waals surface area contributed by atoms with E-state index in [-0.39, 0.29) is 34.5 Å². The van der Waals surface area contributed by atoms with Gasteiger partial charge in [0.2, 0.25) is 5.95 Å². The molecule has 16 heteroatoms. The van der Waals surface area contributed by atoms with E-state index in [0.717, 1.165) is 10.9 Å². The number of imidazole rings is 1. The van der Waals surface area contributed by atoms with Gasteiger partial charge in [-0.05, 0) is 48.5 Å². The Morgan fingerprint density at radius 1 is 1.00 bits per heavy atom. The molecular weight excluding hydrogens is 561 g/mol. The molecule has 3 aromatic rings. The van der Waals surface area contributed by atoms with Gasteiger partial charge in [0.25, 0.3) is 0 Å². The molecule has 1 saturated heterocycles. The lowest BCUT2D eigenvalue weighted by Gasteiger charge is -2.34. The van der Waals surface area contributed by atoms with Crippen molar-refractivity contribution in [2.24, 2.45) is 0 Å². The Bertz CT molecular complexity index is 1420. The second-order valence-corrected chi connectivity index (χ2v) is 11.7.